The molecule has 4 nitrogen and oxygen atoms in total. The van der Waals surface area contributed by atoms with Crippen LogP contribution in [0.4, 0.5) is 5.69 Å². The molecule has 3 aromatic carbocycles. The Labute approximate surface area is 201 Å². The lowest BCUT2D eigenvalue weighted by molar-refractivity contribution is 0.104. The summed E-state index contributed by atoms with van der Waals surface area (Å²) >= 11 is 3.40. The van der Waals surface area contributed by atoms with E-state index in [1.54, 1.807) is 6.08 Å². The fourth-order valence-electron chi connectivity index (χ4n) is 4.57. The smallest absolute Gasteiger partial charge is 0.185 e. The molecule has 33 heavy (non-hydrogen) atoms. The van der Waals surface area contributed by atoms with Gasteiger partial charge in [-0.25, -0.2) is 0 Å². The number of para-hydroxylation sites is 2. The fraction of sp³-hybridized carbons (Fsp3) is 0.179. The van der Waals surface area contributed by atoms with E-state index in [2.05, 4.69) is 61.8 Å². The highest BCUT2D eigenvalue weighted by Gasteiger charge is 2.21. The Hall–Kier alpha value is -3.15. The third-order valence-corrected chi connectivity index (χ3v) is 6.71. The minimum absolute atomic E-state index is 0.0351. The molecule has 0 amide bonds. The van der Waals surface area contributed by atoms with Gasteiger partial charge in [-0.1, -0.05) is 52.3 Å². The van der Waals surface area contributed by atoms with Crippen molar-refractivity contribution in [2.75, 3.05) is 18.0 Å². The number of nitrogens with zero attached hydrogens (tertiary/aromatic N) is 2. The minimum Gasteiger partial charge on any atom is -0.389 e. The van der Waals surface area contributed by atoms with Crippen molar-refractivity contribution >= 4 is 44.4 Å². The molecule has 0 unspecified atom stereocenters. The van der Waals surface area contributed by atoms with Gasteiger partial charge in [-0.15, -0.1) is 0 Å². The number of carbonyl (C=O) groups excluding carboxylic acids is 1. The molecule has 1 aliphatic heterocycles. The number of fused-ring (bicyclic) bond motifs is 2. The third kappa shape index (κ3) is 4.65. The van der Waals surface area contributed by atoms with E-state index in [1.165, 1.54) is 11.3 Å². The number of hydrogen-bond acceptors (Lipinski definition) is 3. The van der Waals surface area contributed by atoms with Crippen molar-refractivity contribution in [1.29, 1.82) is 0 Å². The number of benzene rings is 3. The summed E-state index contributed by atoms with van der Waals surface area (Å²) in [4.78, 5) is 14.9. The highest BCUT2D eigenvalue weighted by Crippen LogP contribution is 2.28. The molecule has 166 valence electrons. The Morgan fingerprint density at radius 1 is 1.00 bits per heavy atom. The SMILES string of the molecule is O=C(/C=C/c1cn(C[C@H](O)CN2CCc3ccccc32)c2ccccc12)c1ccc(Br)cc1. The van der Waals surface area contributed by atoms with Crippen molar-refractivity contribution < 1.29 is 9.90 Å². The van der Waals surface area contributed by atoms with Gasteiger partial charge in [-0.3, -0.25) is 4.79 Å². The number of aliphatic hydroxyl groups is 1. The van der Waals surface area contributed by atoms with E-state index in [4.69, 9.17) is 0 Å². The molecular weight excluding hydrogens is 476 g/mol. The minimum atomic E-state index is -0.506. The summed E-state index contributed by atoms with van der Waals surface area (Å²) in [6, 6.07) is 23.9. The number of anilines is 1. The van der Waals surface area contributed by atoms with Crippen LogP contribution in [-0.4, -0.2) is 34.7 Å². The summed E-state index contributed by atoms with van der Waals surface area (Å²) in [7, 11) is 0. The highest BCUT2D eigenvalue weighted by atomic mass is 79.9. The van der Waals surface area contributed by atoms with Gasteiger partial charge in [0.15, 0.2) is 5.78 Å². The summed E-state index contributed by atoms with van der Waals surface area (Å²) in [6.07, 6.45) is 6.03. The van der Waals surface area contributed by atoms with E-state index in [1.807, 2.05) is 48.7 Å². The molecule has 0 saturated carbocycles. The lowest BCUT2D eigenvalue weighted by Gasteiger charge is -2.23. The molecule has 5 heteroatoms. The number of hydrogen-bond donors (Lipinski definition) is 1. The summed E-state index contributed by atoms with van der Waals surface area (Å²) in [5.74, 6) is -0.0351. The van der Waals surface area contributed by atoms with Crippen molar-refractivity contribution in [2.24, 2.45) is 0 Å². The third-order valence-electron chi connectivity index (χ3n) is 6.18. The molecule has 0 saturated heterocycles. The second-order valence-electron chi connectivity index (χ2n) is 8.44. The number of aromatic nitrogens is 1. The second kappa shape index (κ2) is 9.38. The molecule has 0 bridgehead atoms. The van der Waals surface area contributed by atoms with E-state index in [0.29, 0.717) is 18.7 Å². The first-order chi connectivity index (χ1) is 16.1. The number of ketones is 1. The summed E-state index contributed by atoms with van der Waals surface area (Å²) in [6.45, 7) is 2.03. The zero-order valence-electron chi connectivity index (χ0n) is 18.2. The van der Waals surface area contributed by atoms with Crippen molar-refractivity contribution in [2.45, 2.75) is 19.1 Å². The number of β-amino-alcohol motifs (C(OH)–C–C–N with tert-alkyl or cyclic N) is 1. The number of halogens is 1. The van der Waals surface area contributed by atoms with Crippen molar-refractivity contribution in [3.05, 3.63) is 106 Å². The molecule has 2 heterocycles. The monoisotopic (exact) mass is 500 g/mol. The van der Waals surface area contributed by atoms with Gasteiger partial charge in [-0.05, 0) is 60.5 Å². The van der Waals surface area contributed by atoms with Crippen LogP contribution in [0.25, 0.3) is 17.0 Å². The standard InChI is InChI=1S/C28H25BrN2O2/c29-23-12-9-21(10-13-23)28(33)14-11-22-17-31(27-8-4-2-6-25(22)27)19-24(32)18-30-16-15-20-5-1-3-7-26(20)30/h1-14,17,24,32H,15-16,18-19H2/b14-11+/t24-/m1/s1. The van der Waals surface area contributed by atoms with Gasteiger partial charge in [0.2, 0.25) is 0 Å². The van der Waals surface area contributed by atoms with Gasteiger partial charge in [0.25, 0.3) is 0 Å². The molecule has 5 rings (SSSR count). The van der Waals surface area contributed by atoms with Crippen LogP contribution < -0.4 is 4.90 Å². The number of rotatable bonds is 7. The molecular formula is C28H25BrN2O2. The van der Waals surface area contributed by atoms with Crippen LogP contribution >= 0.6 is 15.9 Å². The van der Waals surface area contributed by atoms with Crippen LogP contribution in [0.3, 0.4) is 0 Å². The van der Waals surface area contributed by atoms with Crippen LogP contribution in [0.15, 0.2) is 89.5 Å². The van der Waals surface area contributed by atoms with Crippen molar-refractivity contribution in [3.8, 4) is 0 Å². The van der Waals surface area contributed by atoms with Gasteiger partial charge in [0.1, 0.15) is 0 Å². The fourth-order valence-corrected chi connectivity index (χ4v) is 4.83. The van der Waals surface area contributed by atoms with Gasteiger partial charge >= 0.3 is 0 Å². The van der Waals surface area contributed by atoms with Crippen molar-refractivity contribution in [1.82, 2.24) is 4.57 Å². The molecule has 1 N–H and O–H groups in total. The lowest BCUT2D eigenvalue weighted by Crippen LogP contribution is -2.33. The summed E-state index contributed by atoms with van der Waals surface area (Å²) in [5, 5.41) is 12.0. The maximum atomic E-state index is 12.6. The molecule has 1 aromatic heterocycles. The molecule has 0 spiro atoms. The van der Waals surface area contributed by atoms with Gasteiger partial charge in [0, 0.05) is 51.5 Å². The molecule has 0 radical (unpaired) electrons. The average molecular weight is 501 g/mol. The molecule has 4 aromatic rings. The zero-order valence-corrected chi connectivity index (χ0v) is 19.8. The topological polar surface area (TPSA) is 45.5 Å². The van der Waals surface area contributed by atoms with E-state index >= 15 is 0 Å². The Morgan fingerprint density at radius 2 is 1.76 bits per heavy atom. The predicted molar refractivity (Wildman–Crippen MR) is 138 cm³/mol. The van der Waals surface area contributed by atoms with E-state index in [9.17, 15) is 9.90 Å². The second-order valence-corrected chi connectivity index (χ2v) is 9.35. The molecule has 1 aliphatic rings. The number of carbonyl (C=O) groups is 1. The first-order valence-electron chi connectivity index (χ1n) is 11.2. The van der Waals surface area contributed by atoms with E-state index in [-0.39, 0.29) is 5.78 Å². The predicted octanol–water partition coefficient (Wildman–Crippen LogP) is 5.72. The molecule has 0 fully saturated rings. The zero-order chi connectivity index (χ0) is 22.8. The number of aliphatic hydroxyl groups excluding tert-OH is 1. The number of allylic oxidation sites excluding steroid dienone is 1. The Bertz CT molecular complexity index is 1320. The maximum Gasteiger partial charge on any atom is 0.185 e. The van der Waals surface area contributed by atoms with Crippen LogP contribution in [0.5, 0.6) is 0 Å². The molecule has 1 atom stereocenters. The van der Waals surface area contributed by atoms with Crippen LogP contribution in [0, 0.1) is 0 Å². The average Bonchev–Trinajstić information content (AvgIpc) is 3.39. The summed E-state index contributed by atoms with van der Waals surface area (Å²) in [5.41, 5.74) is 5.24. The molecule has 0 aliphatic carbocycles. The summed E-state index contributed by atoms with van der Waals surface area (Å²) < 4.78 is 3.04. The lowest BCUT2D eigenvalue weighted by atomic mass is 10.1. The largest absolute Gasteiger partial charge is 0.389 e. The van der Waals surface area contributed by atoms with Gasteiger partial charge in [0.05, 0.1) is 12.6 Å². The van der Waals surface area contributed by atoms with Gasteiger partial charge < -0.3 is 14.6 Å². The first-order valence-corrected chi connectivity index (χ1v) is 11.9. The Kier molecular flexibility index (Phi) is 6.16. The van der Waals surface area contributed by atoms with Crippen molar-refractivity contribution in [3.63, 3.8) is 0 Å². The normalized spacial score (nSPS) is 14.2. The first kappa shape index (κ1) is 21.7. The van der Waals surface area contributed by atoms with Crippen LogP contribution in [-0.2, 0) is 13.0 Å². The highest BCUT2D eigenvalue weighted by molar-refractivity contribution is 9.10. The van der Waals surface area contributed by atoms with E-state index in [0.717, 1.165) is 33.9 Å². The van der Waals surface area contributed by atoms with Crippen LogP contribution in [0.2, 0.25) is 0 Å². The Morgan fingerprint density at radius 3 is 2.61 bits per heavy atom. The van der Waals surface area contributed by atoms with Gasteiger partial charge in [-0.2, -0.15) is 0 Å². The Balaban J connectivity index is 1.34. The quantitative estimate of drug-likeness (QED) is 0.260. The maximum absolute atomic E-state index is 12.6. The van der Waals surface area contributed by atoms with E-state index < -0.39 is 6.10 Å². The van der Waals surface area contributed by atoms with Crippen LogP contribution in [0.1, 0.15) is 21.5 Å².